The summed E-state index contributed by atoms with van der Waals surface area (Å²) in [6, 6.07) is 3.56. The Balaban J connectivity index is 2.72. The third-order valence-electron chi connectivity index (χ3n) is 3.16. The van der Waals surface area contributed by atoms with Crippen molar-refractivity contribution in [3.05, 3.63) is 34.1 Å². The number of hydrogen-bond donors (Lipinski definition) is 0. The number of alkyl halides is 1. The Morgan fingerprint density at radius 1 is 1.22 bits per heavy atom. The summed E-state index contributed by atoms with van der Waals surface area (Å²) in [5, 5.41) is 0.190. The molecule has 0 aliphatic carbocycles. The molecular weight excluding hydrogens is 254 g/mol. The van der Waals surface area contributed by atoms with Gasteiger partial charge in [-0.3, -0.25) is 4.39 Å². The first-order valence-corrected chi connectivity index (χ1v) is 6.87. The van der Waals surface area contributed by atoms with Crippen molar-refractivity contribution in [2.45, 2.75) is 46.0 Å². The summed E-state index contributed by atoms with van der Waals surface area (Å²) in [6.07, 6.45) is 2.58. The van der Waals surface area contributed by atoms with Crippen molar-refractivity contribution < 1.29 is 8.78 Å². The van der Waals surface area contributed by atoms with Crippen LogP contribution in [0.2, 0.25) is 5.02 Å². The summed E-state index contributed by atoms with van der Waals surface area (Å²) in [4.78, 5) is 0. The SMILES string of the molecule is CC(C)c1cc(CCC[C@@H](C)CF)cc(Cl)c1F. The number of halogens is 3. The van der Waals surface area contributed by atoms with Gasteiger partial charge in [-0.25, -0.2) is 4.39 Å². The summed E-state index contributed by atoms with van der Waals surface area (Å²) >= 11 is 5.90. The van der Waals surface area contributed by atoms with Crippen LogP contribution >= 0.6 is 11.6 Å². The van der Waals surface area contributed by atoms with Crippen molar-refractivity contribution in [3.63, 3.8) is 0 Å². The van der Waals surface area contributed by atoms with Gasteiger partial charge in [0.1, 0.15) is 5.82 Å². The molecule has 1 atom stereocenters. The minimum absolute atomic E-state index is 0.102. The van der Waals surface area contributed by atoms with Gasteiger partial charge in [-0.2, -0.15) is 0 Å². The highest BCUT2D eigenvalue weighted by molar-refractivity contribution is 6.30. The van der Waals surface area contributed by atoms with Gasteiger partial charge in [0.15, 0.2) is 0 Å². The Morgan fingerprint density at radius 2 is 1.89 bits per heavy atom. The topological polar surface area (TPSA) is 0 Å². The summed E-state index contributed by atoms with van der Waals surface area (Å²) in [7, 11) is 0. The quantitative estimate of drug-likeness (QED) is 0.640. The van der Waals surface area contributed by atoms with Crippen molar-refractivity contribution in [1.82, 2.24) is 0 Å². The molecule has 0 aromatic heterocycles. The third-order valence-corrected chi connectivity index (χ3v) is 3.44. The molecule has 1 aromatic rings. The fraction of sp³-hybridized carbons (Fsp3) is 0.600. The van der Waals surface area contributed by atoms with Crippen LogP contribution in [0.15, 0.2) is 12.1 Å². The first-order chi connectivity index (χ1) is 8.45. The molecule has 1 rings (SSSR count). The van der Waals surface area contributed by atoms with E-state index in [1.165, 1.54) is 0 Å². The monoisotopic (exact) mass is 274 g/mol. The van der Waals surface area contributed by atoms with Crippen LogP contribution in [0.25, 0.3) is 0 Å². The van der Waals surface area contributed by atoms with E-state index in [1.807, 2.05) is 26.8 Å². The van der Waals surface area contributed by atoms with Crippen molar-refractivity contribution in [2.75, 3.05) is 6.67 Å². The van der Waals surface area contributed by atoms with E-state index in [9.17, 15) is 8.78 Å². The Hall–Kier alpha value is -0.630. The van der Waals surface area contributed by atoms with E-state index in [4.69, 9.17) is 11.6 Å². The molecular formula is C15H21ClF2. The maximum Gasteiger partial charge on any atom is 0.145 e. The van der Waals surface area contributed by atoms with Crippen LogP contribution in [0.3, 0.4) is 0 Å². The lowest BCUT2D eigenvalue weighted by Crippen LogP contribution is -2.00. The Kier molecular flexibility index (Phi) is 6.07. The molecule has 0 N–H and O–H groups in total. The predicted octanol–water partition coefficient (Wildman–Crippen LogP) is 5.53. The van der Waals surface area contributed by atoms with E-state index < -0.39 is 0 Å². The lowest BCUT2D eigenvalue weighted by atomic mass is 9.96. The summed E-state index contributed by atoms with van der Waals surface area (Å²) in [6.45, 7) is 5.52. The average Bonchev–Trinajstić information content (AvgIpc) is 2.32. The average molecular weight is 275 g/mol. The summed E-state index contributed by atoms with van der Waals surface area (Å²) in [5.74, 6) is -0.0924. The third kappa shape index (κ3) is 4.24. The van der Waals surface area contributed by atoms with E-state index in [0.717, 1.165) is 24.8 Å². The van der Waals surface area contributed by atoms with Crippen molar-refractivity contribution in [1.29, 1.82) is 0 Å². The molecule has 0 nitrogen and oxygen atoms in total. The highest BCUT2D eigenvalue weighted by atomic mass is 35.5. The highest BCUT2D eigenvalue weighted by Gasteiger charge is 2.12. The molecule has 0 aliphatic rings. The molecule has 3 heteroatoms. The second-order valence-electron chi connectivity index (χ2n) is 5.29. The van der Waals surface area contributed by atoms with Gasteiger partial charge in [0.05, 0.1) is 11.7 Å². The van der Waals surface area contributed by atoms with E-state index >= 15 is 0 Å². The number of benzene rings is 1. The molecule has 0 fully saturated rings. The van der Waals surface area contributed by atoms with Gasteiger partial charge in [-0.15, -0.1) is 0 Å². The minimum Gasteiger partial charge on any atom is -0.251 e. The van der Waals surface area contributed by atoms with Gasteiger partial charge < -0.3 is 0 Å². The molecule has 1 aromatic carbocycles. The van der Waals surface area contributed by atoms with Gasteiger partial charge in [0, 0.05) is 0 Å². The van der Waals surface area contributed by atoms with E-state index in [-0.39, 0.29) is 29.4 Å². The van der Waals surface area contributed by atoms with Crippen LogP contribution in [0.1, 0.15) is 50.7 Å². The van der Waals surface area contributed by atoms with Crippen molar-refractivity contribution in [3.8, 4) is 0 Å². The van der Waals surface area contributed by atoms with Crippen LogP contribution in [0.5, 0.6) is 0 Å². The van der Waals surface area contributed by atoms with Gasteiger partial charge in [-0.1, -0.05) is 38.4 Å². The van der Waals surface area contributed by atoms with E-state index in [0.29, 0.717) is 5.56 Å². The van der Waals surface area contributed by atoms with Crippen LogP contribution in [-0.4, -0.2) is 6.67 Å². The fourth-order valence-electron chi connectivity index (χ4n) is 1.97. The van der Waals surface area contributed by atoms with Crippen LogP contribution in [0, 0.1) is 11.7 Å². The van der Waals surface area contributed by atoms with Crippen molar-refractivity contribution >= 4 is 11.6 Å². The second-order valence-corrected chi connectivity index (χ2v) is 5.69. The molecule has 0 unspecified atom stereocenters. The molecule has 0 saturated heterocycles. The van der Waals surface area contributed by atoms with Gasteiger partial charge in [0.25, 0.3) is 0 Å². The Labute approximate surface area is 113 Å². The maximum absolute atomic E-state index is 13.8. The number of rotatable bonds is 6. The summed E-state index contributed by atoms with van der Waals surface area (Å²) < 4.78 is 26.1. The minimum atomic E-state index is -0.312. The van der Waals surface area contributed by atoms with E-state index in [1.54, 1.807) is 6.07 Å². The van der Waals surface area contributed by atoms with Crippen molar-refractivity contribution in [2.24, 2.45) is 5.92 Å². The maximum atomic E-state index is 13.8. The lowest BCUT2D eigenvalue weighted by molar-refractivity contribution is 0.360. The molecule has 0 heterocycles. The van der Waals surface area contributed by atoms with Gasteiger partial charge >= 0.3 is 0 Å². The second kappa shape index (κ2) is 7.08. The number of hydrogen-bond acceptors (Lipinski definition) is 0. The summed E-state index contributed by atoms with van der Waals surface area (Å²) in [5.41, 5.74) is 1.70. The van der Waals surface area contributed by atoms with Crippen LogP contribution < -0.4 is 0 Å². The molecule has 0 radical (unpaired) electrons. The first-order valence-electron chi connectivity index (χ1n) is 6.49. The van der Waals surface area contributed by atoms with Crippen LogP contribution in [0.4, 0.5) is 8.78 Å². The fourth-order valence-corrected chi connectivity index (χ4v) is 2.21. The molecule has 102 valence electrons. The standard InChI is InChI=1S/C15H21ClF2/c1-10(2)13-7-12(8-14(16)15(13)18)6-4-5-11(3)9-17/h7-8,10-11H,4-6,9H2,1-3H3/t11-/m1/s1. The van der Waals surface area contributed by atoms with Gasteiger partial charge in [-0.05, 0) is 48.3 Å². The molecule has 0 amide bonds. The molecule has 0 aliphatic heterocycles. The molecule has 18 heavy (non-hydrogen) atoms. The molecule has 0 saturated carbocycles. The predicted molar refractivity (Wildman–Crippen MR) is 73.6 cm³/mol. The Bertz CT molecular complexity index is 388. The lowest BCUT2D eigenvalue weighted by Gasteiger charge is -2.12. The largest absolute Gasteiger partial charge is 0.251 e. The molecule has 0 spiro atoms. The highest BCUT2D eigenvalue weighted by Crippen LogP contribution is 2.27. The number of aryl methyl sites for hydroxylation is 1. The van der Waals surface area contributed by atoms with Gasteiger partial charge in [0.2, 0.25) is 0 Å². The zero-order valence-corrected chi connectivity index (χ0v) is 12.0. The zero-order valence-electron chi connectivity index (χ0n) is 11.3. The van der Waals surface area contributed by atoms with Crippen LogP contribution in [-0.2, 0) is 6.42 Å². The normalized spacial score (nSPS) is 13.1. The first kappa shape index (κ1) is 15.4. The van der Waals surface area contributed by atoms with E-state index in [2.05, 4.69) is 0 Å². The molecule has 0 bridgehead atoms. The smallest absolute Gasteiger partial charge is 0.145 e. The zero-order chi connectivity index (χ0) is 13.7. The Morgan fingerprint density at radius 3 is 2.44 bits per heavy atom.